The minimum absolute atomic E-state index is 0.443. The van der Waals surface area contributed by atoms with Gasteiger partial charge < -0.3 is 5.32 Å². The van der Waals surface area contributed by atoms with E-state index in [1.54, 1.807) is 11.3 Å². The van der Waals surface area contributed by atoms with Crippen molar-refractivity contribution in [3.05, 3.63) is 82.5 Å². The fraction of sp³-hybridized carbons (Fsp3) is 0.100. The molecule has 0 aliphatic heterocycles. The Balaban J connectivity index is 1.75. The van der Waals surface area contributed by atoms with Gasteiger partial charge in [-0.2, -0.15) is 0 Å². The highest BCUT2D eigenvalue weighted by Gasteiger charge is 2.12. The normalized spacial score (nSPS) is 11.0. The average Bonchev–Trinajstić information content (AvgIpc) is 3.00. The van der Waals surface area contributed by atoms with Gasteiger partial charge in [-0.05, 0) is 30.7 Å². The maximum Gasteiger partial charge on any atom is 0.160 e. The van der Waals surface area contributed by atoms with Gasteiger partial charge in [0.25, 0.3) is 0 Å². The summed E-state index contributed by atoms with van der Waals surface area (Å²) in [6.07, 6.45) is 0.597. The molecule has 130 valence electrons. The number of thiophene rings is 1. The molecule has 0 saturated heterocycles. The molecule has 26 heavy (non-hydrogen) atoms. The van der Waals surface area contributed by atoms with E-state index in [9.17, 15) is 8.78 Å². The fourth-order valence-electron chi connectivity index (χ4n) is 2.75. The number of rotatable bonds is 4. The van der Waals surface area contributed by atoms with Crippen molar-refractivity contribution in [1.29, 1.82) is 0 Å². The first kappa shape index (κ1) is 16.6. The Hall–Kier alpha value is -2.86. The van der Waals surface area contributed by atoms with E-state index in [2.05, 4.69) is 15.3 Å². The fourth-order valence-corrected chi connectivity index (χ4v) is 3.65. The number of nitrogens with zero attached hydrogens (tertiary/aromatic N) is 2. The standard InChI is InChI=1S/C20H15F2N3S/c1-12-9-15-19(23-14-7-8-16(21)17(22)11-14)24-18(25-20(15)26-12)10-13-5-3-2-4-6-13/h2-9,11H,10H2,1H3,(H,23,24,25). The summed E-state index contributed by atoms with van der Waals surface area (Å²) in [6, 6.07) is 15.7. The van der Waals surface area contributed by atoms with Crippen molar-refractivity contribution >= 4 is 33.1 Å². The zero-order valence-electron chi connectivity index (χ0n) is 14.0. The Morgan fingerprint density at radius 3 is 2.54 bits per heavy atom. The molecule has 0 fully saturated rings. The quantitative estimate of drug-likeness (QED) is 0.509. The molecule has 0 radical (unpaired) electrons. The Morgan fingerprint density at radius 2 is 1.77 bits per heavy atom. The minimum atomic E-state index is -0.897. The summed E-state index contributed by atoms with van der Waals surface area (Å²) in [5, 5.41) is 3.97. The second-order valence-electron chi connectivity index (χ2n) is 5.98. The lowest BCUT2D eigenvalue weighted by molar-refractivity contribution is 0.509. The zero-order valence-corrected chi connectivity index (χ0v) is 14.8. The van der Waals surface area contributed by atoms with Crippen LogP contribution in [0.5, 0.6) is 0 Å². The van der Waals surface area contributed by atoms with Gasteiger partial charge in [0.2, 0.25) is 0 Å². The number of aryl methyl sites for hydroxylation is 1. The molecule has 2 aromatic heterocycles. The molecular formula is C20H15F2N3S. The lowest BCUT2D eigenvalue weighted by Crippen LogP contribution is -2.02. The van der Waals surface area contributed by atoms with Gasteiger partial charge in [0.05, 0.1) is 5.39 Å². The summed E-state index contributed by atoms with van der Waals surface area (Å²) in [6.45, 7) is 2.00. The third-order valence-electron chi connectivity index (χ3n) is 3.95. The van der Waals surface area contributed by atoms with Gasteiger partial charge in [0, 0.05) is 23.1 Å². The third kappa shape index (κ3) is 3.41. The molecular weight excluding hydrogens is 352 g/mol. The number of nitrogens with one attached hydrogen (secondary N) is 1. The average molecular weight is 367 g/mol. The minimum Gasteiger partial charge on any atom is -0.339 e. The van der Waals surface area contributed by atoms with Crippen LogP contribution in [0.25, 0.3) is 10.2 Å². The van der Waals surface area contributed by atoms with Gasteiger partial charge >= 0.3 is 0 Å². The van der Waals surface area contributed by atoms with Gasteiger partial charge in [0.15, 0.2) is 11.6 Å². The second kappa shape index (κ2) is 6.80. The number of fused-ring (bicyclic) bond motifs is 1. The third-order valence-corrected chi connectivity index (χ3v) is 4.89. The Labute approximate surface area is 153 Å². The summed E-state index contributed by atoms with van der Waals surface area (Å²) in [4.78, 5) is 11.3. The molecule has 1 N–H and O–H groups in total. The van der Waals surface area contributed by atoms with Crippen LogP contribution in [0.3, 0.4) is 0 Å². The van der Waals surface area contributed by atoms with Crippen molar-refractivity contribution in [2.24, 2.45) is 0 Å². The number of halogens is 2. The molecule has 0 aliphatic rings. The van der Waals surface area contributed by atoms with Gasteiger partial charge in [-0.3, -0.25) is 0 Å². The maximum absolute atomic E-state index is 13.5. The molecule has 2 heterocycles. The molecule has 0 amide bonds. The van der Waals surface area contributed by atoms with Crippen LogP contribution < -0.4 is 5.32 Å². The van der Waals surface area contributed by atoms with Crippen LogP contribution >= 0.6 is 11.3 Å². The molecule has 0 bridgehead atoms. The van der Waals surface area contributed by atoms with Gasteiger partial charge in [0.1, 0.15) is 16.5 Å². The van der Waals surface area contributed by atoms with Crippen molar-refractivity contribution in [2.45, 2.75) is 13.3 Å². The highest BCUT2D eigenvalue weighted by atomic mass is 32.1. The van der Waals surface area contributed by atoms with Crippen molar-refractivity contribution < 1.29 is 8.78 Å². The lowest BCUT2D eigenvalue weighted by Gasteiger charge is -2.09. The molecule has 0 spiro atoms. The Morgan fingerprint density at radius 1 is 0.962 bits per heavy atom. The van der Waals surface area contributed by atoms with E-state index in [4.69, 9.17) is 0 Å². The number of aromatic nitrogens is 2. The van der Waals surface area contributed by atoms with Gasteiger partial charge in [-0.1, -0.05) is 30.3 Å². The number of hydrogen-bond donors (Lipinski definition) is 1. The van der Waals surface area contributed by atoms with Crippen LogP contribution in [0.1, 0.15) is 16.3 Å². The van der Waals surface area contributed by atoms with Crippen LogP contribution in [0.15, 0.2) is 54.6 Å². The first-order valence-electron chi connectivity index (χ1n) is 8.11. The van der Waals surface area contributed by atoms with Crippen LogP contribution in [-0.4, -0.2) is 9.97 Å². The predicted molar refractivity (Wildman–Crippen MR) is 101 cm³/mol. The molecule has 2 aromatic carbocycles. The van der Waals surface area contributed by atoms with E-state index in [-0.39, 0.29) is 0 Å². The number of hydrogen-bond acceptors (Lipinski definition) is 4. The predicted octanol–water partition coefficient (Wildman–Crippen LogP) is 5.61. The second-order valence-corrected chi connectivity index (χ2v) is 7.22. The summed E-state index contributed by atoms with van der Waals surface area (Å²) in [5.74, 6) is -0.502. The summed E-state index contributed by atoms with van der Waals surface area (Å²) in [7, 11) is 0. The highest BCUT2D eigenvalue weighted by molar-refractivity contribution is 7.18. The summed E-state index contributed by atoms with van der Waals surface area (Å²) in [5.41, 5.74) is 1.55. The molecule has 0 aliphatic carbocycles. The molecule has 0 unspecified atom stereocenters. The zero-order chi connectivity index (χ0) is 18.1. The SMILES string of the molecule is Cc1cc2c(Nc3ccc(F)c(F)c3)nc(Cc3ccccc3)nc2s1. The summed E-state index contributed by atoms with van der Waals surface area (Å²) < 4.78 is 26.7. The first-order valence-corrected chi connectivity index (χ1v) is 8.93. The van der Waals surface area contributed by atoms with Crippen molar-refractivity contribution in [1.82, 2.24) is 9.97 Å². The lowest BCUT2D eigenvalue weighted by atomic mass is 10.1. The molecule has 6 heteroatoms. The van der Waals surface area contributed by atoms with E-state index in [0.29, 0.717) is 23.8 Å². The molecule has 0 saturated carbocycles. The van der Waals surface area contributed by atoms with E-state index in [0.717, 1.165) is 32.8 Å². The molecule has 3 nitrogen and oxygen atoms in total. The van der Waals surface area contributed by atoms with E-state index >= 15 is 0 Å². The van der Waals surface area contributed by atoms with Crippen LogP contribution in [0.2, 0.25) is 0 Å². The number of anilines is 2. The highest BCUT2D eigenvalue weighted by Crippen LogP contribution is 2.31. The smallest absolute Gasteiger partial charge is 0.160 e. The van der Waals surface area contributed by atoms with Crippen LogP contribution in [-0.2, 0) is 6.42 Å². The van der Waals surface area contributed by atoms with Gasteiger partial charge in [-0.25, -0.2) is 18.7 Å². The Kier molecular flexibility index (Phi) is 4.34. The van der Waals surface area contributed by atoms with Crippen molar-refractivity contribution in [3.63, 3.8) is 0 Å². The largest absolute Gasteiger partial charge is 0.339 e. The van der Waals surface area contributed by atoms with E-state index in [1.165, 1.54) is 6.07 Å². The number of benzene rings is 2. The monoisotopic (exact) mass is 367 g/mol. The molecule has 0 atom stereocenters. The van der Waals surface area contributed by atoms with Crippen LogP contribution in [0.4, 0.5) is 20.3 Å². The topological polar surface area (TPSA) is 37.8 Å². The van der Waals surface area contributed by atoms with Crippen molar-refractivity contribution in [3.8, 4) is 0 Å². The maximum atomic E-state index is 13.5. The summed E-state index contributed by atoms with van der Waals surface area (Å²) >= 11 is 1.58. The van der Waals surface area contributed by atoms with Crippen molar-refractivity contribution in [2.75, 3.05) is 5.32 Å². The molecule has 4 aromatic rings. The van der Waals surface area contributed by atoms with Crippen LogP contribution in [0, 0.1) is 18.6 Å². The van der Waals surface area contributed by atoms with E-state index < -0.39 is 11.6 Å². The Bertz CT molecular complexity index is 1080. The molecule has 4 rings (SSSR count). The van der Waals surface area contributed by atoms with E-state index in [1.807, 2.05) is 43.3 Å². The first-order chi connectivity index (χ1) is 12.6. The van der Waals surface area contributed by atoms with Gasteiger partial charge in [-0.15, -0.1) is 11.3 Å².